The minimum atomic E-state index is 1.36. The van der Waals surface area contributed by atoms with Crippen molar-refractivity contribution in [1.82, 2.24) is 0 Å². The molecule has 16 aromatic carbocycles. The van der Waals surface area contributed by atoms with Crippen LogP contribution in [0.4, 0.5) is 0 Å². The van der Waals surface area contributed by atoms with Crippen molar-refractivity contribution in [2.45, 2.75) is 0 Å². The summed E-state index contributed by atoms with van der Waals surface area (Å²) in [7, 11) is 0. The quantitative estimate of drug-likeness (QED) is 0.105. The smallest absolute Gasteiger partial charge is 0.0440 e. The molecule has 0 aliphatic carbocycles. The van der Waals surface area contributed by atoms with E-state index in [1.165, 1.54) is 190 Å². The first kappa shape index (κ1) is 30.8. The van der Waals surface area contributed by atoms with Crippen LogP contribution < -0.4 is 0 Å². The lowest BCUT2D eigenvalue weighted by Gasteiger charge is -2.29. The van der Waals surface area contributed by atoms with Crippen LogP contribution in [-0.4, -0.2) is 0 Å². The van der Waals surface area contributed by atoms with Gasteiger partial charge in [0.1, 0.15) is 0 Å². The third-order valence-electron chi connectivity index (χ3n) is 15.9. The highest BCUT2D eigenvalue weighted by atomic mass is 32.1. The number of rotatable bonds is 0. The van der Waals surface area contributed by atoms with Crippen molar-refractivity contribution in [3.05, 3.63) is 146 Å². The molecule has 0 unspecified atom stereocenters. The molecule has 0 spiro atoms. The highest BCUT2D eigenvalue weighted by Crippen LogP contribution is 2.63. The van der Waals surface area contributed by atoms with Crippen LogP contribution in [0.25, 0.3) is 190 Å². The lowest BCUT2D eigenvalue weighted by Crippen LogP contribution is -2.00. The Bertz CT molecular complexity index is 4750. The van der Waals surface area contributed by atoms with Crippen LogP contribution in [0, 0.1) is 0 Å². The Morgan fingerprint density at radius 3 is 0.778 bits per heavy atom. The molecule has 19 rings (SSSR count). The minimum absolute atomic E-state index is 1.36. The van der Waals surface area contributed by atoms with Gasteiger partial charge in [0.25, 0.3) is 0 Å². The highest BCUT2D eigenvalue weighted by Gasteiger charge is 2.33. The monoisotopic (exact) mass is 840 g/mol. The average molecular weight is 841 g/mol. The molecular formula is C60H24S3. The minimum Gasteiger partial charge on any atom is -0.135 e. The SMILES string of the molecule is c1ccc2c(c1)sc1c2cc2c3cccc4c3c3c5c2c1c1cccc2c6cc7c8ccccc8sc7c7c8cccc9c%10cc%11c%12ccccc%12sc%11c4c%10c3c(c98)c(c67)c5c21. The van der Waals surface area contributed by atoms with Gasteiger partial charge in [0.05, 0.1) is 0 Å². The van der Waals surface area contributed by atoms with Crippen LogP contribution >= 0.6 is 34.0 Å². The van der Waals surface area contributed by atoms with Crippen molar-refractivity contribution >= 4 is 224 Å². The Labute approximate surface area is 366 Å². The molecule has 0 radical (unpaired) electrons. The van der Waals surface area contributed by atoms with Crippen LogP contribution in [0.5, 0.6) is 0 Å². The Morgan fingerprint density at radius 1 is 0.175 bits per heavy atom. The van der Waals surface area contributed by atoms with Gasteiger partial charge in [0.15, 0.2) is 0 Å². The first-order valence-electron chi connectivity index (χ1n) is 21.9. The summed E-state index contributed by atoms with van der Waals surface area (Å²) in [6, 6.07) is 56.9. The predicted octanol–water partition coefficient (Wildman–Crippen LogP) is 19.3. The lowest BCUT2D eigenvalue weighted by atomic mass is 9.73. The van der Waals surface area contributed by atoms with Gasteiger partial charge in [0.2, 0.25) is 0 Å². The third-order valence-corrected chi connectivity index (χ3v) is 19.5. The number of fused-ring (bicyclic) bond motifs is 18. The summed E-state index contributed by atoms with van der Waals surface area (Å²) in [6.45, 7) is 0. The van der Waals surface area contributed by atoms with Gasteiger partial charge < -0.3 is 0 Å². The largest absolute Gasteiger partial charge is 0.135 e. The predicted molar refractivity (Wildman–Crippen MR) is 282 cm³/mol. The Hall–Kier alpha value is -7.14. The highest BCUT2D eigenvalue weighted by molar-refractivity contribution is 7.28. The maximum absolute atomic E-state index is 2.59. The van der Waals surface area contributed by atoms with Gasteiger partial charge in [-0.05, 0) is 117 Å². The van der Waals surface area contributed by atoms with Crippen molar-refractivity contribution in [1.29, 1.82) is 0 Å². The van der Waals surface area contributed by atoms with Crippen LogP contribution in [0.3, 0.4) is 0 Å². The Kier molecular flexibility index (Phi) is 4.76. The van der Waals surface area contributed by atoms with Crippen molar-refractivity contribution < 1.29 is 0 Å². The van der Waals surface area contributed by atoms with E-state index in [1.807, 2.05) is 34.0 Å². The van der Waals surface area contributed by atoms with Crippen molar-refractivity contribution in [3.8, 4) is 0 Å². The van der Waals surface area contributed by atoms with Gasteiger partial charge in [-0.3, -0.25) is 0 Å². The normalized spacial score (nSPS) is 13.7. The molecule has 0 N–H and O–H groups in total. The molecule has 3 heteroatoms. The maximum atomic E-state index is 2.59. The summed E-state index contributed by atoms with van der Waals surface area (Å²) in [5, 5.41) is 42.3. The first-order valence-corrected chi connectivity index (χ1v) is 24.4. The molecule has 0 saturated carbocycles. The molecule has 19 aromatic rings. The second kappa shape index (κ2) is 9.73. The van der Waals surface area contributed by atoms with Gasteiger partial charge in [0, 0.05) is 109 Å². The molecule has 3 aromatic heterocycles. The summed E-state index contributed by atoms with van der Waals surface area (Å²) in [5.74, 6) is 0. The van der Waals surface area contributed by atoms with E-state index in [-0.39, 0.29) is 0 Å². The summed E-state index contributed by atoms with van der Waals surface area (Å²) in [6.07, 6.45) is 0. The molecule has 0 saturated heterocycles. The maximum Gasteiger partial charge on any atom is 0.0440 e. The van der Waals surface area contributed by atoms with E-state index < -0.39 is 0 Å². The number of thiophene rings is 3. The van der Waals surface area contributed by atoms with Crippen molar-refractivity contribution in [3.63, 3.8) is 0 Å². The molecule has 282 valence electrons. The lowest BCUT2D eigenvalue weighted by molar-refractivity contribution is 1.85. The molecule has 0 amide bonds. The van der Waals surface area contributed by atoms with E-state index in [0.29, 0.717) is 0 Å². The van der Waals surface area contributed by atoms with Gasteiger partial charge in [-0.15, -0.1) is 34.0 Å². The molecule has 0 nitrogen and oxygen atoms in total. The first-order chi connectivity index (χ1) is 31.3. The van der Waals surface area contributed by atoms with E-state index in [1.54, 1.807) is 0 Å². The van der Waals surface area contributed by atoms with Crippen LogP contribution in [0.15, 0.2) is 146 Å². The molecule has 63 heavy (non-hydrogen) atoms. The molecule has 0 atom stereocenters. The van der Waals surface area contributed by atoms with Crippen molar-refractivity contribution in [2.75, 3.05) is 0 Å². The zero-order valence-corrected chi connectivity index (χ0v) is 35.5. The zero-order chi connectivity index (χ0) is 39.9. The molecule has 0 aliphatic heterocycles. The summed E-state index contributed by atoms with van der Waals surface area (Å²) < 4.78 is 8.31. The fourth-order valence-electron chi connectivity index (χ4n) is 13.8. The third kappa shape index (κ3) is 3.06. The van der Waals surface area contributed by atoms with E-state index in [2.05, 4.69) is 146 Å². The summed E-state index contributed by atoms with van der Waals surface area (Å²) in [5.41, 5.74) is 0. The number of hydrogen-bond donors (Lipinski definition) is 0. The zero-order valence-electron chi connectivity index (χ0n) is 33.1. The molecule has 0 fully saturated rings. The Balaban J connectivity index is 1.28. The van der Waals surface area contributed by atoms with Gasteiger partial charge in [-0.1, -0.05) is 109 Å². The van der Waals surface area contributed by atoms with E-state index in [4.69, 9.17) is 0 Å². The van der Waals surface area contributed by atoms with Crippen LogP contribution in [0.2, 0.25) is 0 Å². The second-order valence-corrected chi connectivity index (χ2v) is 21.5. The molecule has 3 heterocycles. The number of benzene rings is 16. The standard InChI is InChI=1S/C60H24S3/c1-4-19-40-25(10-1)37-22-34-28-13-7-17-32-43(28)52-55-46(34)49(58(37)61-40)31-16-8-14-29-35-23-38-26-11-2-6-21-42(26)63-60(38)51-33-18-9-15-30-36-24-39-27-12-3-5-20-41(27)62-59(39)50(32)48(36)56(52)54(45(30)33)57(47(35)51)53(55)44(29)31/h1-24H. The van der Waals surface area contributed by atoms with Gasteiger partial charge in [-0.2, -0.15) is 0 Å². The molecular weight excluding hydrogens is 817 g/mol. The molecule has 0 aliphatic rings. The summed E-state index contributed by atoms with van der Waals surface area (Å²) >= 11 is 5.95. The summed E-state index contributed by atoms with van der Waals surface area (Å²) in [4.78, 5) is 0. The van der Waals surface area contributed by atoms with Crippen LogP contribution in [-0.2, 0) is 0 Å². The van der Waals surface area contributed by atoms with E-state index in [0.717, 1.165) is 0 Å². The number of hydrogen-bond acceptors (Lipinski definition) is 3. The van der Waals surface area contributed by atoms with E-state index in [9.17, 15) is 0 Å². The molecule has 0 bridgehead atoms. The van der Waals surface area contributed by atoms with Gasteiger partial charge >= 0.3 is 0 Å². The van der Waals surface area contributed by atoms with Crippen LogP contribution in [0.1, 0.15) is 0 Å². The fraction of sp³-hybridized carbons (Fsp3) is 0. The van der Waals surface area contributed by atoms with Crippen molar-refractivity contribution in [2.24, 2.45) is 0 Å². The van der Waals surface area contributed by atoms with E-state index >= 15 is 0 Å². The Morgan fingerprint density at radius 2 is 0.444 bits per heavy atom. The average Bonchev–Trinajstić information content (AvgIpc) is 4.02. The van der Waals surface area contributed by atoms with Gasteiger partial charge in [-0.25, -0.2) is 0 Å². The second-order valence-electron chi connectivity index (χ2n) is 18.4. The topological polar surface area (TPSA) is 0 Å². The fourth-order valence-corrected chi connectivity index (χ4v) is 17.5.